The molecule has 0 radical (unpaired) electrons. The van der Waals surface area contributed by atoms with E-state index in [1.54, 1.807) is 48.5 Å². The maximum absolute atomic E-state index is 11.7. The Labute approximate surface area is 142 Å². The number of oxime groups is 1. The smallest absolute Gasteiger partial charge is 0.313 e. The summed E-state index contributed by atoms with van der Waals surface area (Å²) >= 11 is 17.6. The molecule has 2 aromatic rings. The topological polar surface area (TPSA) is 38.7 Å². The van der Waals surface area contributed by atoms with E-state index in [9.17, 15) is 4.79 Å². The number of hydrogen-bond acceptors (Lipinski definition) is 3. The molecule has 0 aliphatic heterocycles. The molecule has 0 aliphatic rings. The Morgan fingerprint density at radius 2 is 1.41 bits per heavy atom. The normalized spacial score (nSPS) is 11.7. The van der Waals surface area contributed by atoms with Crippen LogP contribution in [0.3, 0.4) is 0 Å². The second-order valence-corrected chi connectivity index (χ2v) is 5.44. The number of rotatable bonds is 4. The standard InChI is InChI=1S/C16H10Cl3NO2/c17-13-5-1-11(2-6-13)15(19)9-10-20-22-16(21)12-3-7-14(18)8-4-12/h1-10H/b15-9-,20-10?. The zero-order chi connectivity index (χ0) is 15.9. The van der Waals surface area contributed by atoms with Gasteiger partial charge < -0.3 is 4.84 Å². The molecule has 0 bridgehead atoms. The molecule has 0 saturated carbocycles. The lowest BCUT2D eigenvalue weighted by Gasteiger charge is -1.98. The molecule has 0 spiro atoms. The maximum Gasteiger partial charge on any atom is 0.365 e. The predicted molar refractivity (Wildman–Crippen MR) is 90.6 cm³/mol. The fraction of sp³-hybridized carbons (Fsp3) is 0. The highest BCUT2D eigenvalue weighted by atomic mass is 35.5. The average molecular weight is 355 g/mol. The Hall–Kier alpha value is -1.81. The van der Waals surface area contributed by atoms with Crippen LogP contribution in [0.1, 0.15) is 15.9 Å². The number of hydrogen-bond donors (Lipinski definition) is 0. The molecule has 2 rings (SSSR count). The van der Waals surface area contributed by atoms with Gasteiger partial charge in [-0.05, 0) is 48.0 Å². The minimum absolute atomic E-state index is 0.356. The van der Waals surface area contributed by atoms with E-state index in [0.717, 1.165) is 5.56 Å². The highest BCUT2D eigenvalue weighted by molar-refractivity contribution is 6.49. The molecule has 0 amide bonds. The van der Waals surface area contributed by atoms with E-state index < -0.39 is 5.97 Å². The summed E-state index contributed by atoms with van der Waals surface area (Å²) in [4.78, 5) is 16.4. The summed E-state index contributed by atoms with van der Waals surface area (Å²) in [5.41, 5.74) is 1.14. The van der Waals surface area contributed by atoms with Crippen molar-refractivity contribution in [1.82, 2.24) is 0 Å². The lowest BCUT2D eigenvalue weighted by atomic mass is 10.2. The van der Waals surface area contributed by atoms with Crippen LogP contribution in [-0.4, -0.2) is 12.2 Å². The summed E-state index contributed by atoms with van der Waals surface area (Å²) in [6, 6.07) is 13.3. The Morgan fingerprint density at radius 1 is 0.909 bits per heavy atom. The van der Waals surface area contributed by atoms with Crippen molar-refractivity contribution in [3.8, 4) is 0 Å². The van der Waals surface area contributed by atoms with Crippen molar-refractivity contribution in [2.75, 3.05) is 0 Å². The molecule has 0 fully saturated rings. The fourth-order valence-electron chi connectivity index (χ4n) is 1.52. The minimum atomic E-state index is -0.580. The molecule has 112 valence electrons. The van der Waals surface area contributed by atoms with Crippen molar-refractivity contribution in [3.05, 3.63) is 75.8 Å². The highest BCUT2D eigenvalue weighted by Crippen LogP contribution is 2.20. The number of carbonyl (C=O) groups is 1. The molecule has 22 heavy (non-hydrogen) atoms. The summed E-state index contributed by atoms with van der Waals surface area (Å²) in [6.07, 6.45) is 2.81. The largest absolute Gasteiger partial charge is 0.365 e. The van der Waals surface area contributed by atoms with E-state index in [0.29, 0.717) is 20.6 Å². The van der Waals surface area contributed by atoms with Gasteiger partial charge in [0, 0.05) is 15.1 Å². The van der Waals surface area contributed by atoms with Gasteiger partial charge in [-0.1, -0.05) is 52.1 Å². The van der Waals surface area contributed by atoms with Crippen molar-refractivity contribution >= 4 is 52.0 Å². The van der Waals surface area contributed by atoms with Gasteiger partial charge in [-0.3, -0.25) is 0 Å². The summed E-state index contributed by atoms with van der Waals surface area (Å²) in [5.74, 6) is -0.580. The lowest BCUT2D eigenvalue weighted by molar-refractivity contribution is 0.0519. The highest BCUT2D eigenvalue weighted by Gasteiger charge is 2.05. The quantitative estimate of drug-likeness (QED) is 0.418. The van der Waals surface area contributed by atoms with Gasteiger partial charge in [0.2, 0.25) is 0 Å². The number of halogens is 3. The van der Waals surface area contributed by atoms with E-state index in [2.05, 4.69) is 5.16 Å². The zero-order valence-electron chi connectivity index (χ0n) is 11.2. The number of carbonyl (C=O) groups excluding carboxylic acids is 1. The molecule has 0 N–H and O–H groups in total. The van der Waals surface area contributed by atoms with Crippen LogP contribution in [0.4, 0.5) is 0 Å². The van der Waals surface area contributed by atoms with E-state index in [1.165, 1.54) is 12.3 Å². The van der Waals surface area contributed by atoms with Crippen molar-refractivity contribution < 1.29 is 9.63 Å². The van der Waals surface area contributed by atoms with Crippen LogP contribution >= 0.6 is 34.8 Å². The first-order valence-electron chi connectivity index (χ1n) is 6.18. The summed E-state index contributed by atoms with van der Waals surface area (Å²) in [7, 11) is 0. The molecule has 0 aromatic heterocycles. The number of allylic oxidation sites excluding steroid dienone is 1. The summed E-state index contributed by atoms with van der Waals surface area (Å²) in [5, 5.41) is 5.17. The molecule has 0 heterocycles. The van der Waals surface area contributed by atoms with Crippen LogP contribution in [0.25, 0.3) is 5.03 Å². The first-order chi connectivity index (χ1) is 10.6. The van der Waals surface area contributed by atoms with Gasteiger partial charge in [0.05, 0.1) is 11.8 Å². The molecule has 0 atom stereocenters. The van der Waals surface area contributed by atoms with Gasteiger partial charge in [0.1, 0.15) is 0 Å². The van der Waals surface area contributed by atoms with Gasteiger partial charge in [0.15, 0.2) is 0 Å². The van der Waals surface area contributed by atoms with Crippen LogP contribution in [0.5, 0.6) is 0 Å². The number of benzene rings is 2. The van der Waals surface area contributed by atoms with E-state index in [1.807, 2.05) is 0 Å². The fourth-order valence-corrected chi connectivity index (χ4v) is 1.95. The Balaban J connectivity index is 1.94. The molecule has 0 aliphatic carbocycles. The molecule has 6 heteroatoms. The Morgan fingerprint density at radius 3 is 1.95 bits per heavy atom. The predicted octanol–water partition coefficient (Wildman–Crippen LogP) is 5.42. The van der Waals surface area contributed by atoms with Crippen molar-refractivity contribution in [2.24, 2.45) is 5.16 Å². The van der Waals surface area contributed by atoms with Crippen LogP contribution in [0, 0.1) is 0 Å². The van der Waals surface area contributed by atoms with Crippen LogP contribution in [-0.2, 0) is 4.84 Å². The van der Waals surface area contributed by atoms with E-state index >= 15 is 0 Å². The SMILES string of the molecule is O=C(ON=C/C=C(\Cl)c1ccc(Cl)cc1)c1ccc(Cl)cc1. The Kier molecular flexibility index (Phi) is 6.01. The van der Waals surface area contributed by atoms with Crippen molar-refractivity contribution in [2.45, 2.75) is 0 Å². The second kappa shape index (κ2) is 7.99. The van der Waals surface area contributed by atoms with Gasteiger partial charge in [-0.2, -0.15) is 0 Å². The van der Waals surface area contributed by atoms with Crippen LogP contribution in [0.2, 0.25) is 10.0 Å². The first-order valence-corrected chi connectivity index (χ1v) is 7.31. The lowest BCUT2D eigenvalue weighted by Crippen LogP contribution is -2.00. The molecule has 2 aromatic carbocycles. The molecular formula is C16H10Cl3NO2. The van der Waals surface area contributed by atoms with E-state index in [4.69, 9.17) is 39.6 Å². The summed E-state index contributed by atoms with van der Waals surface area (Å²) < 4.78 is 0. The average Bonchev–Trinajstić information content (AvgIpc) is 2.52. The molecule has 0 unspecified atom stereocenters. The van der Waals surface area contributed by atoms with Crippen LogP contribution < -0.4 is 0 Å². The number of nitrogens with zero attached hydrogens (tertiary/aromatic N) is 1. The Bertz CT molecular complexity index is 707. The molecule has 0 saturated heterocycles. The third-order valence-electron chi connectivity index (χ3n) is 2.62. The minimum Gasteiger partial charge on any atom is -0.313 e. The van der Waals surface area contributed by atoms with Gasteiger partial charge in [-0.25, -0.2) is 4.79 Å². The summed E-state index contributed by atoms with van der Waals surface area (Å²) in [6.45, 7) is 0. The van der Waals surface area contributed by atoms with Gasteiger partial charge in [-0.15, -0.1) is 0 Å². The van der Waals surface area contributed by atoms with Crippen molar-refractivity contribution in [1.29, 1.82) is 0 Å². The molecule has 3 nitrogen and oxygen atoms in total. The van der Waals surface area contributed by atoms with Crippen LogP contribution in [0.15, 0.2) is 59.8 Å². The maximum atomic E-state index is 11.7. The van der Waals surface area contributed by atoms with Crippen molar-refractivity contribution in [3.63, 3.8) is 0 Å². The first kappa shape index (κ1) is 16.6. The van der Waals surface area contributed by atoms with Gasteiger partial charge in [0.25, 0.3) is 0 Å². The zero-order valence-corrected chi connectivity index (χ0v) is 13.4. The third-order valence-corrected chi connectivity index (χ3v) is 3.47. The monoisotopic (exact) mass is 353 g/mol. The third kappa shape index (κ3) is 4.88. The molecular weight excluding hydrogens is 345 g/mol. The second-order valence-electron chi connectivity index (χ2n) is 4.16. The van der Waals surface area contributed by atoms with E-state index in [-0.39, 0.29) is 0 Å². The van der Waals surface area contributed by atoms with Gasteiger partial charge >= 0.3 is 5.97 Å².